The van der Waals surface area contributed by atoms with Gasteiger partial charge in [0.15, 0.2) is 5.76 Å². The van der Waals surface area contributed by atoms with Crippen molar-refractivity contribution in [1.82, 2.24) is 5.32 Å². The van der Waals surface area contributed by atoms with Crippen LogP contribution in [-0.4, -0.2) is 36.7 Å². The largest absolute Gasteiger partial charge is 0.475 e. The normalized spacial score (nSPS) is 16.4. The molecule has 1 aliphatic heterocycles. The Bertz CT molecular complexity index is 762. The van der Waals surface area contributed by atoms with Gasteiger partial charge < -0.3 is 19.6 Å². The quantitative estimate of drug-likeness (QED) is 0.868. The molecule has 7 heteroatoms. The maximum atomic E-state index is 13.2. The van der Waals surface area contributed by atoms with Crippen molar-refractivity contribution in [2.45, 2.75) is 18.3 Å². The van der Waals surface area contributed by atoms with E-state index in [0.717, 1.165) is 5.56 Å². The van der Waals surface area contributed by atoms with Crippen LogP contribution in [0.15, 0.2) is 40.8 Å². The third kappa shape index (κ3) is 3.71. The number of hydrogen-bond acceptors (Lipinski definition) is 4. The molecule has 0 aliphatic carbocycles. The molecule has 0 saturated carbocycles. The summed E-state index contributed by atoms with van der Waals surface area (Å²) in [6.07, 6.45) is 1.38. The fraction of sp³-hybridized carbons (Fsp3) is 0.333. The monoisotopic (exact) mass is 347 g/mol. The van der Waals surface area contributed by atoms with Gasteiger partial charge in [-0.2, -0.15) is 0 Å². The van der Waals surface area contributed by atoms with Crippen molar-refractivity contribution < 1.29 is 28.2 Å². The molecule has 1 fully saturated rings. The molecule has 132 valence electrons. The lowest BCUT2D eigenvalue weighted by molar-refractivity contribution is 0.0483. The van der Waals surface area contributed by atoms with Crippen LogP contribution in [0.1, 0.15) is 39.5 Å². The Kier molecular flexibility index (Phi) is 4.85. The third-order valence-electron chi connectivity index (χ3n) is 4.53. The number of carboxylic acid groups (broad SMARTS) is 1. The predicted molar refractivity (Wildman–Crippen MR) is 86.1 cm³/mol. The van der Waals surface area contributed by atoms with Gasteiger partial charge in [-0.05, 0) is 42.7 Å². The van der Waals surface area contributed by atoms with Crippen molar-refractivity contribution >= 4 is 11.9 Å². The average molecular weight is 347 g/mol. The van der Waals surface area contributed by atoms with Crippen molar-refractivity contribution in [1.29, 1.82) is 0 Å². The van der Waals surface area contributed by atoms with E-state index in [9.17, 15) is 14.0 Å². The lowest BCUT2D eigenvalue weighted by Gasteiger charge is -2.37. The second kappa shape index (κ2) is 7.06. The summed E-state index contributed by atoms with van der Waals surface area (Å²) in [5.74, 6) is -2.37. The maximum Gasteiger partial charge on any atom is 0.371 e. The van der Waals surface area contributed by atoms with Gasteiger partial charge in [-0.3, -0.25) is 4.79 Å². The summed E-state index contributed by atoms with van der Waals surface area (Å²) >= 11 is 0. The number of ether oxygens (including phenoxy) is 1. The number of amides is 1. The number of nitrogens with one attached hydrogen (secondary N) is 1. The summed E-state index contributed by atoms with van der Waals surface area (Å²) in [4.78, 5) is 23.1. The second-order valence-corrected chi connectivity index (χ2v) is 6.05. The van der Waals surface area contributed by atoms with Crippen LogP contribution in [0.4, 0.5) is 4.39 Å². The van der Waals surface area contributed by atoms with E-state index in [0.29, 0.717) is 32.6 Å². The highest BCUT2D eigenvalue weighted by molar-refractivity contribution is 5.93. The minimum atomic E-state index is -1.23. The van der Waals surface area contributed by atoms with Gasteiger partial charge in [0.25, 0.3) is 5.91 Å². The number of halogens is 1. The Hall–Kier alpha value is -2.67. The first kappa shape index (κ1) is 17.2. The number of furan rings is 1. The van der Waals surface area contributed by atoms with E-state index in [1.165, 1.54) is 24.3 Å². The molecular weight excluding hydrogens is 329 g/mol. The van der Waals surface area contributed by atoms with E-state index in [4.69, 9.17) is 14.3 Å². The standard InChI is InChI=1S/C18H18FNO5/c19-13-3-1-12(2-4-13)18(7-9-24-10-8-18)11-20-16(21)14-5-6-15(25-14)17(22)23/h1-6H,7-11H2,(H,20,21)(H,22,23). The van der Waals surface area contributed by atoms with Gasteiger partial charge in [-0.1, -0.05) is 12.1 Å². The molecule has 0 atom stereocenters. The molecule has 3 rings (SSSR count). The molecule has 1 aliphatic rings. The Morgan fingerprint density at radius 2 is 1.72 bits per heavy atom. The minimum Gasteiger partial charge on any atom is -0.475 e. The molecule has 1 amide bonds. The number of rotatable bonds is 5. The molecule has 1 aromatic carbocycles. The zero-order valence-corrected chi connectivity index (χ0v) is 13.5. The summed E-state index contributed by atoms with van der Waals surface area (Å²) in [6, 6.07) is 8.82. The van der Waals surface area contributed by atoms with Crippen LogP contribution >= 0.6 is 0 Å². The summed E-state index contributed by atoms with van der Waals surface area (Å²) in [5, 5.41) is 11.7. The first-order chi connectivity index (χ1) is 12.0. The Labute approximate surface area is 143 Å². The maximum absolute atomic E-state index is 13.2. The van der Waals surface area contributed by atoms with E-state index in [-0.39, 0.29) is 22.8 Å². The van der Waals surface area contributed by atoms with Gasteiger partial charge in [0.1, 0.15) is 5.82 Å². The van der Waals surface area contributed by atoms with E-state index in [1.807, 2.05) is 0 Å². The van der Waals surface area contributed by atoms with Crippen molar-refractivity contribution in [2.24, 2.45) is 0 Å². The molecule has 25 heavy (non-hydrogen) atoms. The topological polar surface area (TPSA) is 88.8 Å². The molecule has 2 aromatic rings. The SMILES string of the molecule is O=C(O)c1ccc(C(=O)NCC2(c3ccc(F)cc3)CCOCC2)o1. The molecule has 0 unspecified atom stereocenters. The van der Waals surface area contributed by atoms with Gasteiger partial charge in [0.05, 0.1) is 0 Å². The number of carbonyl (C=O) groups is 2. The number of aromatic carboxylic acids is 1. The van der Waals surface area contributed by atoms with Crippen molar-refractivity contribution in [3.05, 3.63) is 59.3 Å². The minimum absolute atomic E-state index is 0.0567. The van der Waals surface area contributed by atoms with Crippen LogP contribution in [0.2, 0.25) is 0 Å². The van der Waals surface area contributed by atoms with Crippen LogP contribution in [0.3, 0.4) is 0 Å². The second-order valence-electron chi connectivity index (χ2n) is 6.05. The predicted octanol–water partition coefficient (Wildman–Crippen LogP) is 2.60. The van der Waals surface area contributed by atoms with Gasteiger partial charge >= 0.3 is 5.97 Å². The van der Waals surface area contributed by atoms with Crippen LogP contribution in [0.25, 0.3) is 0 Å². The Balaban J connectivity index is 1.75. The van der Waals surface area contributed by atoms with E-state index in [1.54, 1.807) is 12.1 Å². The van der Waals surface area contributed by atoms with Crippen molar-refractivity contribution in [2.75, 3.05) is 19.8 Å². The lowest BCUT2D eigenvalue weighted by atomic mass is 9.74. The molecule has 0 spiro atoms. The first-order valence-electron chi connectivity index (χ1n) is 7.95. The van der Waals surface area contributed by atoms with Gasteiger partial charge in [0, 0.05) is 25.2 Å². The molecule has 0 radical (unpaired) electrons. The highest BCUT2D eigenvalue weighted by Crippen LogP contribution is 2.34. The highest BCUT2D eigenvalue weighted by Gasteiger charge is 2.35. The fourth-order valence-corrected chi connectivity index (χ4v) is 3.04. The molecule has 6 nitrogen and oxygen atoms in total. The summed E-state index contributed by atoms with van der Waals surface area (Å²) < 4.78 is 23.7. The van der Waals surface area contributed by atoms with Crippen LogP contribution in [-0.2, 0) is 10.2 Å². The van der Waals surface area contributed by atoms with Crippen LogP contribution in [0.5, 0.6) is 0 Å². The Morgan fingerprint density at radius 1 is 1.08 bits per heavy atom. The van der Waals surface area contributed by atoms with E-state index in [2.05, 4.69) is 5.32 Å². The molecule has 2 N–H and O–H groups in total. The van der Waals surface area contributed by atoms with Gasteiger partial charge in [-0.25, -0.2) is 9.18 Å². The summed E-state index contributed by atoms with van der Waals surface area (Å²) in [6.45, 7) is 1.43. The summed E-state index contributed by atoms with van der Waals surface area (Å²) in [5.41, 5.74) is 0.576. The number of benzene rings is 1. The highest BCUT2D eigenvalue weighted by atomic mass is 19.1. The lowest BCUT2D eigenvalue weighted by Crippen LogP contribution is -2.44. The zero-order valence-electron chi connectivity index (χ0n) is 13.5. The molecule has 2 heterocycles. The molecular formula is C18H18FNO5. The number of carboxylic acids is 1. The average Bonchev–Trinajstić information content (AvgIpc) is 3.12. The van der Waals surface area contributed by atoms with Gasteiger partial charge in [0.2, 0.25) is 5.76 Å². The van der Waals surface area contributed by atoms with Crippen molar-refractivity contribution in [3.8, 4) is 0 Å². The molecule has 0 bridgehead atoms. The zero-order chi connectivity index (χ0) is 17.9. The van der Waals surface area contributed by atoms with Crippen LogP contribution < -0.4 is 5.32 Å². The molecule has 1 aromatic heterocycles. The van der Waals surface area contributed by atoms with E-state index >= 15 is 0 Å². The molecule has 1 saturated heterocycles. The Morgan fingerprint density at radius 3 is 2.32 bits per heavy atom. The van der Waals surface area contributed by atoms with E-state index < -0.39 is 11.9 Å². The fourth-order valence-electron chi connectivity index (χ4n) is 3.04. The number of carbonyl (C=O) groups excluding carboxylic acids is 1. The smallest absolute Gasteiger partial charge is 0.371 e. The number of hydrogen-bond donors (Lipinski definition) is 2. The first-order valence-corrected chi connectivity index (χ1v) is 7.95. The van der Waals surface area contributed by atoms with Crippen molar-refractivity contribution in [3.63, 3.8) is 0 Å². The van der Waals surface area contributed by atoms with Gasteiger partial charge in [-0.15, -0.1) is 0 Å². The summed E-state index contributed by atoms with van der Waals surface area (Å²) in [7, 11) is 0. The third-order valence-corrected chi connectivity index (χ3v) is 4.53. The van der Waals surface area contributed by atoms with Crippen LogP contribution in [0, 0.1) is 5.82 Å².